The Labute approximate surface area is 349 Å². The molecule has 5 N–H and O–H groups in total. The summed E-state index contributed by atoms with van der Waals surface area (Å²) in [4.78, 5) is 55.5. The topological polar surface area (TPSA) is 220 Å². The molecule has 0 aliphatic carbocycles. The number of aliphatic hydroxyl groups is 2. The van der Waals surface area contributed by atoms with Gasteiger partial charge in [-0.2, -0.15) is 0 Å². The number of esters is 1. The number of ether oxygens (including phenoxy) is 6. The molecule has 328 valence electrons. The van der Waals surface area contributed by atoms with Crippen LogP contribution < -0.4 is 14.8 Å². The predicted octanol–water partition coefficient (Wildman–Crippen LogP) is 4.67. The van der Waals surface area contributed by atoms with Crippen LogP contribution >= 0.6 is 0 Å². The molecule has 16 heteroatoms. The number of Topliss-reactive ketones (excluding diaryl/α,β-unsaturated/α-hetero) is 1. The number of nitrogens with one attached hydrogen (secondary N) is 1. The van der Waals surface area contributed by atoms with Crippen molar-refractivity contribution in [3.63, 3.8) is 0 Å². The minimum atomic E-state index is -2.03. The molecule has 10 atom stereocenters. The number of ketones is 1. The predicted molar refractivity (Wildman–Crippen MR) is 220 cm³/mol. The minimum absolute atomic E-state index is 0.0638. The molecule has 60 heavy (non-hydrogen) atoms. The van der Waals surface area contributed by atoms with Gasteiger partial charge in [0.1, 0.15) is 23.4 Å². The fourth-order valence-electron chi connectivity index (χ4n) is 8.07. The molecule has 1 fully saturated rings. The van der Waals surface area contributed by atoms with E-state index in [4.69, 9.17) is 28.4 Å². The summed E-state index contributed by atoms with van der Waals surface area (Å²) in [6.45, 7) is 14.9. The lowest BCUT2D eigenvalue weighted by Gasteiger charge is -2.38. The summed E-state index contributed by atoms with van der Waals surface area (Å²) in [5.74, 6) is -8.10. The van der Waals surface area contributed by atoms with Crippen molar-refractivity contribution in [3.05, 3.63) is 53.3 Å². The first-order valence-corrected chi connectivity index (χ1v) is 20.1. The fourth-order valence-corrected chi connectivity index (χ4v) is 8.07. The van der Waals surface area contributed by atoms with Gasteiger partial charge in [0.25, 0.3) is 17.6 Å². The van der Waals surface area contributed by atoms with Crippen LogP contribution in [0.3, 0.4) is 0 Å². The highest BCUT2D eigenvalue weighted by Gasteiger charge is 2.50. The molecule has 2 aromatic carbocycles. The van der Waals surface area contributed by atoms with Gasteiger partial charge < -0.3 is 59.1 Å². The van der Waals surface area contributed by atoms with Gasteiger partial charge in [0.05, 0.1) is 60.5 Å². The Morgan fingerprint density at radius 1 is 0.983 bits per heavy atom. The van der Waals surface area contributed by atoms with Gasteiger partial charge in [0.15, 0.2) is 12.4 Å². The standard InChI is InChI=1S/C44H58N2O14/c1-21-12-11-13-22(2)43(54)45-29-18-31(57-20-32(48)46-15-17-56-19-23(46)3)33-34(39(29)52)38(51)27(7)41-35(33)42(53)44(9,60-41)58-16-14-30(55-10)24(4)40(59-28(8)47)26(6)37(50)25(5)36(21)49/h11-14,16,18,21,23-26,30,36-37,40,49-52H,15,17,19-20H2,1-10H3,(H,45,54)/b12-11+,16-14+,22-13-/t21-,23?,24-,25-,26-,30+,36-,37+,40-,44+/m1/s1. The number of aromatic hydroxyl groups is 2. The van der Waals surface area contributed by atoms with Crippen molar-refractivity contribution in [2.24, 2.45) is 23.7 Å². The number of phenolic OH excluding ortho intramolecular Hbond substituents is 2. The number of anilines is 1. The number of hydrogen-bond acceptors (Lipinski definition) is 14. The highest BCUT2D eigenvalue weighted by Crippen LogP contribution is 2.54. The van der Waals surface area contributed by atoms with E-state index in [0.29, 0.717) is 19.8 Å². The number of fused-ring (bicyclic) bond motifs is 14. The van der Waals surface area contributed by atoms with Gasteiger partial charge in [-0.15, -0.1) is 0 Å². The molecule has 1 unspecified atom stereocenters. The van der Waals surface area contributed by atoms with E-state index in [2.05, 4.69) is 5.32 Å². The van der Waals surface area contributed by atoms with Gasteiger partial charge in [-0.25, -0.2) is 0 Å². The van der Waals surface area contributed by atoms with Crippen molar-refractivity contribution in [1.29, 1.82) is 0 Å². The number of amides is 2. The van der Waals surface area contributed by atoms with Gasteiger partial charge in [-0.3, -0.25) is 19.2 Å². The Morgan fingerprint density at radius 2 is 1.68 bits per heavy atom. The zero-order valence-electron chi connectivity index (χ0n) is 35.8. The van der Waals surface area contributed by atoms with Crippen LogP contribution in [0.2, 0.25) is 0 Å². The summed E-state index contributed by atoms with van der Waals surface area (Å²) in [5, 5.41) is 48.5. The maximum atomic E-state index is 14.5. The third-order valence-electron chi connectivity index (χ3n) is 11.9. The molecule has 4 aliphatic rings. The van der Waals surface area contributed by atoms with Crippen molar-refractivity contribution in [2.75, 3.05) is 38.8 Å². The van der Waals surface area contributed by atoms with Crippen LogP contribution in [-0.4, -0.2) is 119 Å². The van der Waals surface area contributed by atoms with E-state index in [1.54, 1.807) is 44.7 Å². The molecule has 0 spiro atoms. The van der Waals surface area contributed by atoms with E-state index in [9.17, 15) is 39.6 Å². The quantitative estimate of drug-likeness (QED) is 0.204. The molecule has 2 amide bonds. The number of nitrogens with zero attached hydrogens (tertiary/aromatic N) is 1. The second kappa shape index (κ2) is 18.6. The first-order valence-electron chi connectivity index (χ1n) is 20.1. The lowest BCUT2D eigenvalue weighted by molar-refractivity contribution is -0.160. The van der Waals surface area contributed by atoms with Crippen molar-refractivity contribution in [1.82, 2.24) is 4.90 Å². The lowest BCUT2D eigenvalue weighted by Crippen LogP contribution is -2.48. The molecule has 16 nitrogen and oxygen atoms in total. The second-order valence-corrected chi connectivity index (χ2v) is 16.2. The summed E-state index contributed by atoms with van der Waals surface area (Å²) in [6, 6.07) is 1.03. The number of carbonyl (C=O) groups excluding carboxylic acids is 4. The molecule has 2 aromatic rings. The number of hydrogen-bond donors (Lipinski definition) is 5. The smallest absolute Gasteiger partial charge is 0.312 e. The normalized spacial score (nSPS) is 32.4. The van der Waals surface area contributed by atoms with Crippen molar-refractivity contribution in [2.45, 2.75) is 98.6 Å². The number of benzene rings is 2. The largest absolute Gasteiger partial charge is 0.507 e. The van der Waals surface area contributed by atoms with Crippen LogP contribution in [0.15, 0.2) is 42.2 Å². The number of phenols is 2. The second-order valence-electron chi connectivity index (χ2n) is 16.2. The summed E-state index contributed by atoms with van der Waals surface area (Å²) in [7, 11) is 1.44. The molecule has 0 radical (unpaired) electrons. The van der Waals surface area contributed by atoms with Crippen LogP contribution in [0.5, 0.6) is 23.0 Å². The molecular formula is C44H58N2O14. The maximum Gasteiger partial charge on any atom is 0.312 e. The average Bonchev–Trinajstić information content (AvgIpc) is 3.48. The van der Waals surface area contributed by atoms with Crippen LogP contribution in [0.4, 0.5) is 5.69 Å². The number of methoxy groups -OCH3 is 1. The first kappa shape index (κ1) is 45.9. The van der Waals surface area contributed by atoms with Gasteiger partial charge in [0.2, 0.25) is 0 Å². The molecular weight excluding hydrogens is 780 g/mol. The van der Waals surface area contributed by atoms with Crippen LogP contribution in [0.1, 0.15) is 71.3 Å². The molecule has 4 aliphatic heterocycles. The van der Waals surface area contributed by atoms with Crippen molar-refractivity contribution < 1.29 is 68.0 Å². The van der Waals surface area contributed by atoms with Crippen LogP contribution in [-0.2, 0) is 33.3 Å². The summed E-state index contributed by atoms with van der Waals surface area (Å²) < 4.78 is 35.3. The molecule has 0 saturated carbocycles. The highest BCUT2D eigenvalue weighted by molar-refractivity contribution is 6.21. The Balaban J connectivity index is 1.66. The molecule has 5 bridgehead atoms. The zero-order chi connectivity index (χ0) is 44.4. The van der Waals surface area contributed by atoms with Gasteiger partial charge in [-0.05, 0) is 26.8 Å². The number of aliphatic hydroxyl groups excluding tert-OH is 2. The third-order valence-corrected chi connectivity index (χ3v) is 11.9. The number of morpholine rings is 1. The Kier molecular flexibility index (Phi) is 14.3. The summed E-state index contributed by atoms with van der Waals surface area (Å²) >= 11 is 0. The van der Waals surface area contributed by atoms with Crippen LogP contribution in [0, 0.1) is 30.6 Å². The minimum Gasteiger partial charge on any atom is -0.507 e. The first-order chi connectivity index (χ1) is 28.2. The fraction of sp³-hybridized carbons (Fsp3) is 0.545. The monoisotopic (exact) mass is 838 g/mol. The number of allylic oxidation sites excluding steroid dienone is 2. The van der Waals surface area contributed by atoms with E-state index < -0.39 is 89.6 Å². The van der Waals surface area contributed by atoms with Gasteiger partial charge in [0, 0.05) is 73.8 Å². The third kappa shape index (κ3) is 9.11. The number of carbonyl (C=O) groups is 4. The molecule has 1 saturated heterocycles. The van der Waals surface area contributed by atoms with Crippen molar-refractivity contribution >= 4 is 40.0 Å². The SMILES string of the molecule is CO[C@H]1/C=C/O[C@@]2(C)Oc3c(C)c(O)c4c(O)c(cc(OCC(=O)N5CCOCC5C)c4c3C2=O)NC(=O)/C(C)=C\C=C\[C@@H](C)[C@@H](O)[C@@H](C)[C@H](O)[C@@H](C)[C@H](OC(C)=O)[C@@H]1C. The lowest BCUT2D eigenvalue weighted by atomic mass is 9.78. The Morgan fingerprint density at radius 3 is 2.33 bits per heavy atom. The van der Waals surface area contributed by atoms with Crippen molar-refractivity contribution in [3.8, 4) is 23.0 Å². The maximum absolute atomic E-state index is 14.5. The highest BCUT2D eigenvalue weighted by atomic mass is 16.7. The van der Waals surface area contributed by atoms with E-state index >= 15 is 0 Å². The molecule has 0 aromatic heterocycles. The van der Waals surface area contributed by atoms with Gasteiger partial charge >= 0.3 is 11.8 Å². The van der Waals surface area contributed by atoms with E-state index in [0.717, 1.165) is 0 Å². The molecule has 6 rings (SSSR count). The Bertz CT molecular complexity index is 2080. The zero-order valence-corrected chi connectivity index (χ0v) is 35.8. The Hall–Kier alpha value is -5.16. The number of rotatable bonds is 5. The van der Waals surface area contributed by atoms with E-state index in [1.165, 1.54) is 59.3 Å². The average molecular weight is 839 g/mol. The van der Waals surface area contributed by atoms with Gasteiger partial charge in [-0.1, -0.05) is 45.9 Å². The summed E-state index contributed by atoms with van der Waals surface area (Å²) in [5.41, 5.74) is -0.0340. The van der Waals surface area contributed by atoms with E-state index in [-0.39, 0.29) is 56.6 Å². The molecule has 4 heterocycles. The van der Waals surface area contributed by atoms with Crippen LogP contribution in [0.25, 0.3) is 10.8 Å². The summed E-state index contributed by atoms with van der Waals surface area (Å²) in [6.07, 6.45) is 3.57. The van der Waals surface area contributed by atoms with E-state index in [1.807, 2.05) is 6.92 Å².